The average molecular weight is 331 g/mol. The van der Waals surface area contributed by atoms with Gasteiger partial charge in [0, 0.05) is 15.4 Å². The zero-order valence-electron chi connectivity index (χ0n) is 7.05. The van der Waals surface area contributed by atoms with Crippen LogP contribution in [0.5, 0.6) is 0 Å². The van der Waals surface area contributed by atoms with E-state index < -0.39 is 0 Å². The minimum atomic E-state index is 0.743. The number of fused-ring (bicyclic) bond motifs is 1. The monoisotopic (exact) mass is 329 g/mol. The lowest BCUT2D eigenvalue weighted by atomic mass is 10.1. The molecule has 1 nitrogen and oxygen atoms in total. The summed E-state index contributed by atoms with van der Waals surface area (Å²) in [6.07, 6.45) is 0. The van der Waals surface area contributed by atoms with Crippen LogP contribution >= 0.6 is 43.2 Å². The Kier molecular flexibility index (Phi) is 2.91. The van der Waals surface area contributed by atoms with Crippen molar-refractivity contribution in [3.63, 3.8) is 0 Å². The van der Waals surface area contributed by atoms with Gasteiger partial charge in [-0.15, -0.1) is 11.3 Å². The number of halogens is 2. The molecule has 0 fully saturated rings. The molecule has 0 bridgehead atoms. The van der Waals surface area contributed by atoms with E-state index >= 15 is 0 Å². The molecule has 14 heavy (non-hydrogen) atoms. The summed E-state index contributed by atoms with van der Waals surface area (Å²) in [6.45, 7) is 0. The van der Waals surface area contributed by atoms with Gasteiger partial charge in [0.05, 0.1) is 9.35 Å². The second kappa shape index (κ2) is 4.01. The molecule has 1 heterocycles. The largest absolute Gasteiger partial charge is 0.192 e. The van der Waals surface area contributed by atoms with E-state index in [0.29, 0.717) is 0 Å². The van der Waals surface area contributed by atoms with Crippen LogP contribution < -0.4 is 0 Å². The maximum atomic E-state index is 8.98. The molecule has 2 rings (SSSR count). The molecule has 0 saturated carbocycles. The summed E-state index contributed by atoms with van der Waals surface area (Å²) in [6, 6.07) is 8.26. The molecule has 0 N–H and O–H groups in total. The fourth-order valence-electron chi connectivity index (χ4n) is 1.36. The van der Waals surface area contributed by atoms with Crippen molar-refractivity contribution in [2.24, 2.45) is 0 Å². The average Bonchev–Trinajstić information content (AvgIpc) is 2.52. The Labute approximate surface area is 103 Å². The normalized spacial score (nSPS) is 10.4. The van der Waals surface area contributed by atoms with E-state index in [1.165, 1.54) is 10.3 Å². The molecule has 0 aliphatic carbocycles. The van der Waals surface area contributed by atoms with Crippen molar-refractivity contribution in [3.05, 3.63) is 33.1 Å². The molecule has 0 unspecified atom stereocenters. The SMILES string of the molecule is N#Cc1c(Br)sc2c(CBr)cccc12. The highest BCUT2D eigenvalue weighted by atomic mass is 79.9. The van der Waals surface area contributed by atoms with Crippen molar-refractivity contribution >= 4 is 53.3 Å². The second-order valence-electron chi connectivity index (χ2n) is 2.79. The van der Waals surface area contributed by atoms with Crippen molar-refractivity contribution in [2.75, 3.05) is 0 Å². The third kappa shape index (κ3) is 1.50. The number of thiophene rings is 1. The first-order chi connectivity index (χ1) is 6.77. The predicted molar refractivity (Wildman–Crippen MR) is 66.9 cm³/mol. The molecule has 0 spiro atoms. The van der Waals surface area contributed by atoms with Crippen LogP contribution in [-0.4, -0.2) is 0 Å². The highest BCUT2D eigenvalue weighted by Crippen LogP contribution is 2.37. The Bertz CT molecular complexity index is 525. The zero-order valence-corrected chi connectivity index (χ0v) is 11.0. The summed E-state index contributed by atoms with van der Waals surface area (Å²) in [5.74, 6) is 0. The zero-order chi connectivity index (χ0) is 10.1. The predicted octanol–water partition coefficient (Wildman–Crippen LogP) is 4.43. The number of rotatable bonds is 1. The van der Waals surface area contributed by atoms with Gasteiger partial charge in [-0.05, 0) is 21.5 Å². The quantitative estimate of drug-likeness (QED) is 0.709. The van der Waals surface area contributed by atoms with Gasteiger partial charge in [-0.3, -0.25) is 0 Å². The maximum absolute atomic E-state index is 8.98. The molecular weight excluding hydrogens is 326 g/mol. The van der Waals surface area contributed by atoms with Crippen LogP contribution in [0.25, 0.3) is 10.1 Å². The fourth-order valence-corrected chi connectivity index (χ4v) is 3.79. The van der Waals surface area contributed by atoms with Crippen LogP contribution in [0.4, 0.5) is 0 Å². The molecule has 0 amide bonds. The molecule has 0 radical (unpaired) electrons. The van der Waals surface area contributed by atoms with Crippen molar-refractivity contribution in [1.82, 2.24) is 0 Å². The molecule has 1 aromatic heterocycles. The fraction of sp³-hybridized carbons (Fsp3) is 0.100. The van der Waals surface area contributed by atoms with E-state index in [-0.39, 0.29) is 0 Å². The summed E-state index contributed by atoms with van der Waals surface area (Å²) in [7, 11) is 0. The number of hydrogen-bond acceptors (Lipinski definition) is 2. The molecule has 1 aromatic carbocycles. The van der Waals surface area contributed by atoms with E-state index in [4.69, 9.17) is 5.26 Å². The smallest absolute Gasteiger partial charge is 0.102 e. The van der Waals surface area contributed by atoms with Crippen LogP contribution in [0.1, 0.15) is 11.1 Å². The summed E-state index contributed by atoms with van der Waals surface area (Å²) in [5.41, 5.74) is 1.97. The van der Waals surface area contributed by atoms with Gasteiger partial charge in [0.15, 0.2) is 0 Å². The number of hydrogen-bond donors (Lipinski definition) is 0. The first-order valence-electron chi connectivity index (χ1n) is 3.94. The van der Waals surface area contributed by atoms with Crippen molar-refractivity contribution < 1.29 is 0 Å². The molecule has 4 heteroatoms. The molecule has 2 aromatic rings. The second-order valence-corrected chi connectivity index (χ2v) is 5.69. The molecule has 0 atom stereocenters. The van der Waals surface area contributed by atoms with E-state index in [0.717, 1.165) is 20.1 Å². The minimum absolute atomic E-state index is 0.743. The highest BCUT2D eigenvalue weighted by molar-refractivity contribution is 9.11. The van der Waals surface area contributed by atoms with E-state index in [1.807, 2.05) is 12.1 Å². The number of alkyl halides is 1. The molecule has 70 valence electrons. The lowest BCUT2D eigenvalue weighted by molar-refractivity contribution is 1.50. The van der Waals surface area contributed by atoms with E-state index in [9.17, 15) is 0 Å². The Hall–Kier alpha value is -0.370. The molecular formula is C10H5Br2NS. The molecule has 0 aliphatic heterocycles. The third-order valence-electron chi connectivity index (χ3n) is 2.01. The van der Waals surface area contributed by atoms with Crippen LogP contribution in [0.2, 0.25) is 0 Å². The van der Waals surface area contributed by atoms with Gasteiger partial charge in [-0.25, -0.2) is 0 Å². The van der Waals surface area contributed by atoms with E-state index in [2.05, 4.69) is 44.0 Å². The lowest BCUT2D eigenvalue weighted by Gasteiger charge is -1.96. The first kappa shape index (κ1) is 10.2. The summed E-state index contributed by atoms with van der Waals surface area (Å²) in [5, 5.41) is 10.8. The molecule has 0 aliphatic rings. The van der Waals surface area contributed by atoms with Gasteiger partial charge in [0.1, 0.15) is 6.07 Å². The Morgan fingerprint density at radius 1 is 1.43 bits per heavy atom. The van der Waals surface area contributed by atoms with Gasteiger partial charge >= 0.3 is 0 Å². The lowest BCUT2D eigenvalue weighted by Crippen LogP contribution is -1.77. The van der Waals surface area contributed by atoms with Gasteiger partial charge < -0.3 is 0 Å². The highest BCUT2D eigenvalue weighted by Gasteiger charge is 2.11. The van der Waals surface area contributed by atoms with Gasteiger partial charge in [0.25, 0.3) is 0 Å². The van der Waals surface area contributed by atoms with Crippen LogP contribution in [-0.2, 0) is 5.33 Å². The molecule has 0 saturated heterocycles. The number of nitrogens with zero attached hydrogens (tertiary/aromatic N) is 1. The van der Waals surface area contributed by atoms with Gasteiger partial charge in [-0.1, -0.05) is 34.1 Å². The van der Waals surface area contributed by atoms with Crippen molar-refractivity contribution in [3.8, 4) is 6.07 Å². The summed E-state index contributed by atoms with van der Waals surface area (Å²) < 4.78 is 2.11. The van der Waals surface area contributed by atoms with E-state index in [1.54, 1.807) is 11.3 Å². The summed E-state index contributed by atoms with van der Waals surface area (Å²) >= 11 is 8.48. The summed E-state index contributed by atoms with van der Waals surface area (Å²) in [4.78, 5) is 0. The van der Waals surface area contributed by atoms with Crippen molar-refractivity contribution in [2.45, 2.75) is 5.33 Å². The number of benzene rings is 1. The number of nitriles is 1. The Balaban J connectivity index is 2.87. The first-order valence-corrected chi connectivity index (χ1v) is 6.67. The van der Waals surface area contributed by atoms with Crippen LogP contribution in [0, 0.1) is 11.3 Å². The standard InChI is InChI=1S/C10H5Br2NS/c11-4-6-2-1-3-7-8(5-13)10(12)14-9(6)7/h1-3H,4H2. The maximum Gasteiger partial charge on any atom is 0.102 e. The topological polar surface area (TPSA) is 23.8 Å². The Morgan fingerprint density at radius 3 is 2.86 bits per heavy atom. The van der Waals surface area contributed by atoms with Gasteiger partial charge in [-0.2, -0.15) is 5.26 Å². The minimum Gasteiger partial charge on any atom is -0.192 e. The third-order valence-corrected chi connectivity index (χ3v) is 4.57. The Morgan fingerprint density at radius 2 is 2.21 bits per heavy atom. The van der Waals surface area contributed by atoms with Crippen LogP contribution in [0.15, 0.2) is 22.0 Å². The van der Waals surface area contributed by atoms with Crippen molar-refractivity contribution in [1.29, 1.82) is 5.26 Å². The van der Waals surface area contributed by atoms with Gasteiger partial charge in [0.2, 0.25) is 0 Å². The van der Waals surface area contributed by atoms with Crippen LogP contribution in [0.3, 0.4) is 0 Å².